The van der Waals surface area contributed by atoms with Crippen molar-refractivity contribution in [1.82, 2.24) is 0 Å². The minimum absolute atomic E-state index is 0.650. The van der Waals surface area contributed by atoms with Gasteiger partial charge in [-0.15, -0.1) is 0 Å². The van der Waals surface area contributed by atoms with Gasteiger partial charge < -0.3 is 4.90 Å². The third-order valence-electron chi connectivity index (χ3n) is 5.90. The number of benzene rings is 5. The first kappa shape index (κ1) is 21.9. The number of nitrogens with zero attached hydrogens (tertiary/aromatic N) is 2. The fraction of sp³-hybridized carbons (Fsp3) is 0. The minimum Gasteiger partial charge on any atom is -0.311 e. The molecule has 0 atom stereocenters. The van der Waals surface area contributed by atoms with Gasteiger partial charge in [-0.3, -0.25) is 0 Å². The Balaban J connectivity index is 1.54. The highest BCUT2D eigenvalue weighted by atomic mass is 15.1. The van der Waals surface area contributed by atoms with E-state index < -0.39 is 0 Å². The number of rotatable bonds is 6. The highest BCUT2D eigenvalue weighted by Crippen LogP contribution is 2.35. The molecule has 0 radical (unpaired) electrons. The van der Waals surface area contributed by atoms with Gasteiger partial charge in [0.1, 0.15) is 0 Å². The molecule has 166 valence electrons. The van der Waals surface area contributed by atoms with Crippen molar-refractivity contribution in [2.24, 2.45) is 0 Å². The number of anilines is 3. The van der Waals surface area contributed by atoms with Crippen molar-refractivity contribution in [2.45, 2.75) is 0 Å². The molecule has 0 bridgehead atoms. The van der Waals surface area contributed by atoms with Gasteiger partial charge in [0.15, 0.2) is 0 Å². The maximum atomic E-state index is 9.20. The predicted molar refractivity (Wildman–Crippen MR) is 146 cm³/mol. The Morgan fingerprint density at radius 2 is 0.943 bits per heavy atom. The molecule has 35 heavy (non-hydrogen) atoms. The Bertz CT molecular complexity index is 1400. The van der Waals surface area contributed by atoms with Gasteiger partial charge in [0.2, 0.25) is 0 Å². The van der Waals surface area contributed by atoms with E-state index in [9.17, 15) is 5.26 Å². The lowest BCUT2D eigenvalue weighted by Crippen LogP contribution is -2.09. The van der Waals surface area contributed by atoms with Crippen LogP contribution in [0.25, 0.3) is 11.6 Å². The summed E-state index contributed by atoms with van der Waals surface area (Å²) in [6.45, 7) is 0. The van der Waals surface area contributed by atoms with Crippen LogP contribution in [0.2, 0.25) is 0 Å². The van der Waals surface area contributed by atoms with Crippen LogP contribution >= 0.6 is 0 Å². The first-order chi connectivity index (χ1) is 17.3. The van der Waals surface area contributed by atoms with E-state index >= 15 is 0 Å². The van der Waals surface area contributed by atoms with Gasteiger partial charge in [-0.25, -0.2) is 0 Å². The molecule has 5 aromatic carbocycles. The summed E-state index contributed by atoms with van der Waals surface area (Å²) in [5, 5.41) is 9.20. The Morgan fingerprint density at radius 1 is 0.514 bits per heavy atom. The zero-order chi connectivity index (χ0) is 23.9. The van der Waals surface area contributed by atoms with E-state index in [1.165, 1.54) is 16.7 Å². The van der Waals surface area contributed by atoms with Crippen molar-refractivity contribution >= 4 is 28.7 Å². The SMILES string of the molecule is N#Cc1ccc(N(c2ccccc2)c2ccc(C=C(c3ccccc3)c3ccccc3)cc2)cc1. The fourth-order valence-corrected chi connectivity index (χ4v) is 4.16. The number of para-hydroxylation sites is 1. The second-order valence-electron chi connectivity index (χ2n) is 8.21. The molecule has 0 N–H and O–H groups in total. The molecule has 0 amide bonds. The van der Waals surface area contributed by atoms with Gasteiger partial charge in [-0.2, -0.15) is 5.26 Å². The molecule has 0 unspecified atom stereocenters. The second-order valence-corrected chi connectivity index (χ2v) is 8.21. The molecule has 0 aliphatic rings. The van der Waals surface area contributed by atoms with Crippen LogP contribution < -0.4 is 4.90 Å². The van der Waals surface area contributed by atoms with Gasteiger partial charge in [-0.1, -0.05) is 91.0 Å². The molecule has 0 heterocycles. The van der Waals surface area contributed by atoms with E-state index in [1.54, 1.807) is 0 Å². The molecule has 5 rings (SSSR count). The van der Waals surface area contributed by atoms with Gasteiger partial charge in [0.25, 0.3) is 0 Å². The minimum atomic E-state index is 0.650. The third kappa shape index (κ3) is 5.05. The van der Waals surface area contributed by atoms with E-state index in [2.05, 4.69) is 102 Å². The lowest BCUT2D eigenvalue weighted by Gasteiger charge is -2.25. The Hall–Kier alpha value is -4.87. The Labute approximate surface area is 206 Å². The zero-order valence-electron chi connectivity index (χ0n) is 19.3. The molecular formula is C33H24N2. The number of hydrogen-bond donors (Lipinski definition) is 0. The summed E-state index contributed by atoms with van der Waals surface area (Å²) in [6, 6.07) is 49.7. The van der Waals surface area contributed by atoms with Crippen LogP contribution in [0.15, 0.2) is 140 Å². The standard InChI is InChI=1S/C33H24N2/c34-25-27-18-22-32(23-19-27)35(30-14-8-3-9-15-30)31-20-16-26(17-21-31)24-33(28-10-4-1-5-11-28)29-12-6-2-7-13-29/h1-24H. The molecule has 2 heteroatoms. The van der Waals surface area contributed by atoms with Gasteiger partial charge >= 0.3 is 0 Å². The van der Waals surface area contributed by atoms with Crippen molar-refractivity contribution in [3.05, 3.63) is 162 Å². The molecule has 0 saturated carbocycles. The van der Waals surface area contributed by atoms with Crippen molar-refractivity contribution in [3.63, 3.8) is 0 Å². The summed E-state index contributed by atoms with van der Waals surface area (Å²) in [4.78, 5) is 2.20. The largest absolute Gasteiger partial charge is 0.311 e. The highest BCUT2D eigenvalue weighted by Gasteiger charge is 2.12. The van der Waals surface area contributed by atoms with E-state index in [0.29, 0.717) is 5.56 Å². The highest BCUT2D eigenvalue weighted by molar-refractivity contribution is 5.91. The van der Waals surface area contributed by atoms with Crippen LogP contribution in [0.4, 0.5) is 17.1 Å². The van der Waals surface area contributed by atoms with Crippen molar-refractivity contribution in [2.75, 3.05) is 4.90 Å². The second kappa shape index (κ2) is 10.4. The summed E-state index contributed by atoms with van der Waals surface area (Å²) in [6.07, 6.45) is 2.24. The fourth-order valence-electron chi connectivity index (χ4n) is 4.16. The zero-order valence-corrected chi connectivity index (χ0v) is 19.3. The first-order valence-electron chi connectivity index (χ1n) is 11.6. The summed E-state index contributed by atoms with van der Waals surface area (Å²) >= 11 is 0. The van der Waals surface area contributed by atoms with Crippen LogP contribution in [0.1, 0.15) is 22.3 Å². The molecule has 2 nitrogen and oxygen atoms in total. The summed E-state index contributed by atoms with van der Waals surface area (Å²) in [5.74, 6) is 0. The van der Waals surface area contributed by atoms with Crippen LogP contribution in [0.3, 0.4) is 0 Å². The van der Waals surface area contributed by atoms with Crippen molar-refractivity contribution in [3.8, 4) is 6.07 Å². The molecule has 0 aliphatic carbocycles. The smallest absolute Gasteiger partial charge is 0.0991 e. The number of hydrogen-bond acceptors (Lipinski definition) is 2. The molecular weight excluding hydrogens is 424 g/mol. The van der Waals surface area contributed by atoms with E-state index in [-0.39, 0.29) is 0 Å². The number of nitriles is 1. The molecule has 0 spiro atoms. The maximum absolute atomic E-state index is 9.20. The molecule has 0 aliphatic heterocycles. The topological polar surface area (TPSA) is 27.0 Å². The van der Waals surface area contributed by atoms with Crippen molar-refractivity contribution < 1.29 is 0 Å². The van der Waals surface area contributed by atoms with Crippen LogP contribution in [0.5, 0.6) is 0 Å². The van der Waals surface area contributed by atoms with Crippen LogP contribution in [-0.4, -0.2) is 0 Å². The first-order valence-corrected chi connectivity index (χ1v) is 11.6. The molecule has 0 aromatic heterocycles. The Kier molecular flexibility index (Phi) is 6.51. The molecule has 0 fully saturated rings. The maximum Gasteiger partial charge on any atom is 0.0991 e. The summed E-state index contributed by atoms with van der Waals surface area (Å²) < 4.78 is 0. The van der Waals surface area contributed by atoms with Crippen molar-refractivity contribution in [1.29, 1.82) is 5.26 Å². The average Bonchev–Trinajstić information content (AvgIpc) is 2.94. The van der Waals surface area contributed by atoms with Crippen LogP contribution in [0, 0.1) is 11.3 Å². The Morgan fingerprint density at radius 3 is 1.43 bits per heavy atom. The van der Waals surface area contributed by atoms with Gasteiger partial charge in [-0.05, 0) is 76.9 Å². The van der Waals surface area contributed by atoms with E-state index in [1.807, 2.05) is 54.6 Å². The lowest BCUT2D eigenvalue weighted by atomic mass is 9.95. The van der Waals surface area contributed by atoms with Gasteiger partial charge in [0, 0.05) is 17.1 Å². The van der Waals surface area contributed by atoms with E-state index in [4.69, 9.17) is 0 Å². The average molecular weight is 449 g/mol. The lowest BCUT2D eigenvalue weighted by molar-refractivity contribution is 1.28. The van der Waals surface area contributed by atoms with Crippen LogP contribution in [-0.2, 0) is 0 Å². The normalized spacial score (nSPS) is 10.3. The van der Waals surface area contributed by atoms with Gasteiger partial charge in [0.05, 0.1) is 11.6 Å². The monoisotopic (exact) mass is 448 g/mol. The predicted octanol–water partition coefficient (Wildman–Crippen LogP) is 8.62. The quantitative estimate of drug-likeness (QED) is 0.243. The van der Waals surface area contributed by atoms with E-state index in [0.717, 1.165) is 22.6 Å². The summed E-state index contributed by atoms with van der Waals surface area (Å²) in [7, 11) is 0. The summed E-state index contributed by atoms with van der Waals surface area (Å²) in [5.41, 5.74) is 8.46. The third-order valence-corrected chi connectivity index (χ3v) is 5.90. The molecule has 5 aromatic rings. The molecule has 0 saturated heterocycles.